The number of benzene rings is 1. The maximum absolute atomic E-state index is 12.7. The Morgan fingerprint density at radius 3 is 2.58 bits per heavy atom. The zero-order chi connectivity index (χ0) is 26.1. The molecule has 1 aliphatic rings. The van der Waals surface area contributed by atoms with E-state index in [9.17, 15) is 18.4 Å². The van der Waals surface area contributed by atoms with E-state index in [-0.39, 0.29) is 35.4 Å². The van der Waals surface area contributed by atoms with E-state index in [4.69, 9.17) is 15.2 Å². The number of pyridine rings is 1. The second kappa shape index (κ2) is 12.6. The first kappa shape index (κ1) is 26.5. The van der Waals surface area contributed by atoms with Gasteiger partial charge in [0.05, 0.1) is 12.8 Å². The Morgan fingerprint density at radius 2 is 1.97 bits per heavy atom. The van der Waals surface area contributed by atoms with Crippen LogP contribution in [-0.4, -0.2) is 67.0 Å². The molecule has 0 bridgehead atoms. The second-order valence-corrected chi connectivity index (χ2v) is 7.81. The van der Waals surface area contributed by atoms with E-state index in [0.29, 0.717) is 24.5 Å². The number of alkyl halides is 2. The fraction of sp³-hybridized carbons (Fsp3) is 0.333. The number of ether oxygens (including phenoxy) is 3. The quantitative estimate of drug-likeness (QED) is 0.354. The average Bonchev–Trinajstić information content (AvgIpc) is 2.80. The van der Waals surface area contributed by atoms with Gasteiger partial charge in [-0.15, -0.1) is 0 Å². The van der Waals surface area contributed by atoms with Crippen molar-refractivity contribution in [3.05, 3.63) is 60.1 Å². The molecule has 36 heavy (non-hydrogen) atoms. The fourth-order valence-corrected chi connectivity index (χ4v) is 3.07. The van der Waals surface area contributed by atoms with Crippen molar-refractivity contribution < 1.29 is 32.6 Å². The van der Waals surface area contributed by atoms with Crippen LogP contribution in [0.5, 0.6) is 17.2 Å². The number of nitrogens with two attached hydrogens (primary N) is 1. The maximum atomic E-state index is 12.7. The summed E-state index contributed by atoms with van der Waals surface area (Å²) in [6.45, 7) is -0.354. The SMILES string of the molecule is CN/C=C\C(N)=NC(=O)c1cc(Oc2ccc(C(=O)N3CCC3)nc2)cc(O[C@@H](C)COC(F)F)c1. The Bertz CT molecular complexity index is 1120. The molecule has 2 heterocycles. The zero-order valence-corrected chi connectivity index (χ0v) is 19.8. The van der Waals surface area contributed by atoms with Crippen molar-refractivity contribution in [1.82, 2.24) is 15.2 Å². The van der Waals surface area contributed by atoms with Gasteiger partial charge in [-0.1, -0.05) is 0 Å². The van der Waals surface area contributed by atoms with Crippen LogP contribution in [0.1, 0.15) is 34.2 Å². The van der Waals surface area contributed by atoms with Gasteiger partial charge >= 0.3 is 6.61 Å². The summed E-state index contributed by atoms with van der Waals surface area (Å²) in [6, 6.07) is 7.41. The number of hydrogen-bond acceptors (Lipinski definition) is 7. The van der Waals surface area contributed by atoms with Gasteiger partial charge in [0.15, 0.2) is 0 Å². The Balaban J connectivity index is 1.82. The number of nitrogens with zero attached hydrogens (tertiary/aromatic N) is 3. The number of nitrogens with one attached hydrogen (secondary N) is 1. The van der Waals surface area contributed by atoms with Crippen LogP contribution in [-0.2, 0) is 4.74 Å². The molecule has 3 N–H and O–H groups in total. The van der Waals surface area contributed by atoms with Gasteiger partial charge in [-0.05, 0) is 49.9 Å². The number of amidine groups is 1. The fourth-order valence-electron chi connectivity index (χ4n) is 3.07. The summed E-state index contributed by atoms with van der Waals surface area (Å²) in [5.74, 6) is -0.194. The zero-order valence-electron chi connectivity index (χ0n) is 19.8. The Kier molecular flexibility index (Phi) is 9.28. The number of likely N-dealkylation sites (tertiary alicyclic amines) is 1. The molecule has 0 unspecified atom stereocenters. The van der Waals surface area contributed by atoms with Crippen LogP contribution in [0, 0.1) is 0 Å². The van der Waals surface area contributed by atoms with E-state index in [2.05, 4.69) is 20.0 Å². The topological polar surface area (TPSA) is 128 Å². The lowest BCUT2D eigenvalue weighted by molar-refractivity contribution is -0.142. The molecule has 1 saturated heterocycles. The summed E-state index contributed by atoms with van der Waals surface area (Å²) in [4.78, 5) is 34.6. The van der Waals surface area contributed by atoms with Gasteiger partial charge in [-0.25, -0.2) is 4.98 Å². The van der Waals surface area contributed by atoms with Gasteiger partial charge in [0.1, 0.15) is 34.9 Å². The van der Waals surface area contributed by atoms with Crippen molar-refractivity contribution in [3.8, 4) is 17.2 Å². The molecule has 1 aliphatic heterocycles. The maximum Gasteiger partial charge on any atom is 0.345 e. The van der Waals surface area contributed by atoms with E-state index in [1.165, 1.54) is 43.6 Å². The third-order valence-corrected chi connectivity index (χ3v) is 4.91. The van der Waals surface area contributed by atoms with Gasteiger partial charge in [-0.2, -0.15) is 13.8 Å². The predicted octanol–water partition coefficient (Wildman–Crippen LogP) is 2.96. The molecule has 2 aromatic rings. The number of hydrogen-bond donors (Lipinski definition) is 2. The van der Waals surface area contributed by atoms with Gasteiger partial charge in [-0.3, -0.25) is 9.59 Å². The normalized spacial score (nSPS) is 14.5. The van der Waals surface area contributed by atoms with Gasteiger partial charge in [0.25, 0.3) is 11.8 Å². The van der Waals surface area contributed by atoms with E-state index in [1.807, 2.05) is 0 Å². The first-order valence-electron chi connectivity index (χ1n) is 11.1. The van der Waals surface area contributed by atoms with Crippen LogP contribution in [0.2, 0.25) is 0 Å². The molecule has 192 valence electrons. The van der Waals surface area contributed by atoms with Gasteiger partial charge < -0.3 is 30.2 Å². The summed E-state index contributed by atoms with van der Waals surface area (Å²) in [5, 5.41) is 2.73. The first-order chi connectivity index (χ1) is 17.2. The minimum atomic E-state index is -2.94. The molecule has 1 fully saturated rings. The van der Waals surface area contributed by atoms with Crippen LogP contribution in [0.3, 0.4) is 0 Å². The summed E-state index contributed by atoms with van der Waals surface area (Å²) in [7, 11) is 1.66. The van der Waals surface area contributed by atoms with Crippen molar-refractivity contribution in [1.29, 1.82) is 0 Å². The summed E-state index contributed by atoms with van der Waals surface area (Å²) in [6.07, 6.45) is 4.53. The highest BCUT2D eigenvalue weighted by atomic mass is 19.3. The standard InChI is InChI=1S/C24H27F2N5O5/c1-15(14-34-24(25)26)35-18-10-16(22(32)30-21(27)6-7-28-2)11-19(12-18)36-17-4-5-20(29-13-17)23(33)31-8-3-9-31/h4-7,10-13,15,24,28H,3,8-9,14H2,1-2H3,(H2,27,30,32)/b7-6-/t15-/m0/s1. The molecule has 12 heteroatoms. The lowest BCUT2D eigenvalue weighted by Crippen LogP contribution is -2.42. The van der Waals surface area contributed by atoms with Crippen molar-refractivity contribution in [2.24, 2.45) is 10.7 Å². The molecule has 0 saturated carbocycles. The Labute approximate surface area is 206 Å². The molecule has 3 rings (SSSR count). The first-order valence-corrected chi connectivity index (χ1v) is 11.1. The summed E-state index contributed by atoms with van der Waals surface area (Å²) in [5.41, 5.74) is 6.11. The van der Waals surface area contributed by atoms with E-state index in [0.717, 1.165) is 6.42 Å². The van der Waals surface area contributed by atoms with E-state index >= 15 is 0 Å². The van der Waals surface area contributed by atoms with Crippen LogP contribution in [0.4, 0.5) is 8.78 Å². The number of aliphatic imine (C=N–C) groups is 1. The lowest BCUT2D eigenvalue weighted by Gasteiger charge is -2.30. The highest BCUT2D eigenvalue weighted by Crippen LogP contribution is 2.29. The van der Waals surface area contributed by atoms with Gasteiger partial charge in [0, 0.05) is 31.8 Å². The average molecular weight is 504 g/mol. The predicted molar refractivity (Wildman–Crippen MR) is 127 cm³/mol. The lowest BCUT2D eigenvalue weighted by atomic mass is 10.2. The Hall–Kier alpha value is -4.06. The molecule has 2 amide bonds. The largest absolute Gasteiger partial charge is 0.488 e. The van der Waals surface area contributed by atoms with Crippen LogP contribution in [0.15, 0.2) is 53.8 Å². The molecule has 1 aromatic carbocycles. The molecule has 1 aromatic heterocycles. The number of aromatic nitrogens is 1. The number of rotatable bonds is 11. The highest BCUT2D eigenvalue weighted by molar-refractivity contribution is 6.06. The van der Waals surface area contributed by atoms with Crippen molar-refractivity contribution in [3.63, 3.8) is 0 Å². The summed E-state index contributed by atoms with van der Waals surface area (Å²) >= 11 is 0. The third-order valence-electron chi connectivity index (χ3n) is 4.91. The van der Waals surface area contributed by atoms with Crippen molar-refractivity contribution >= 4 is 17.6 Å². The van der Waals surface area contributed by atoms with Crippen LogP contribution < -0.4 is 20.5 Å². The second-order valence-electron chi connectivity index (χ2n) is 7.81. The van der Waals surface area contributed by atoms with Crippen molar-refractivity contribution in [2.75, 3.05) is 26.7 Å². The minimum absolute atomic E-state index is 0.0338. The van der Waals surface area contributed by atoms with E-state index < -0.39 is 18.6 Å². The third kappa shape index (κ3) is 7.73. The highest BCUT2D eigenvalue weighted by Gasteiger charge is 2.22. The summed E-state index contributed by atoms with van der Waals surface area (Å²) < 4.78 is 40.5. The number of carbonyl (C=O) groups is 2. The number of amides is 2. The number of halogens is 2. The van der Waals surface area contributed by atoms with Crippen LogP contribution >= 0.6 is 0 Å². The van der Waals surface area contributed by atoms with Crippen molar-refractivity contribution in [2.45, 2.75) is 26.1 Å². The molecule has 0 aliphatic carbocycles. The smallest absolute Gasteiger partial charge is 0.345 e. The molecule has 1 atom stereocenters. The Morgan fingerprint density at radius 1 is 1.22 bits per heavy atom. The number of carbonyl (C=O) groups excluding carboxylic acids is 2. The minimum Gasteiger partial charge on any atom is -0.488 e. The molecular weight excluding hydrogens is 476 g/mol. The molecule has 0 spiro atoms. The monoisotopic (exact) mass is 503 g/mol. The molecular formula is C24H27F2N5O5. The van der Waals surface area contributed by atoms with E-state index in [1.54, 1.807) is 24.1 Å². The van der Waals surface area contributed by atoms with Crippen LogP contribution in [0.25, 0.3) is 0 Å². The molecule has 0 radical (unpaired) electrons. The van der Waals surface area contributed by atoms with Gasteiger partial charge in [0.2, 0.25) is 0 Å². The molecule has 10 nitrogen and oxygen atoms in total.